The molecule has 1 fully saturated rings. The van der Waals surface area contributed by atoms with Gasteiger partial charge in [0.15, 0.2) is 0 Å². The number of anilines is 1. The molecule has 0 aliphatic carbocycles. The first-order valence-electron chi connectivity index (χ1n) is 11.3. The third kappa shape index (κ3) is 3.56. The zero-order valence-corrected chi connectivity index (χ0v) is 20.2. The summed E-state index contributed by atoms with van der Waals surface area (Å²) in [5, 5.41) is 1.33. The van der Waals surface area contributed by atoms with Gasteiger partial charge in [-0.3, -0.25) is 14.5 Å². The molecule has 1 saturated heterocycles. The molecule has 2 aliphatic rings. The number of hydrogen-bond acceptors (Lipinski definition) is 6. The predicted molar refractivity (Wildman–Crippen MR) is 130 cm³/mol. The molecule has 0 bridgehead atoms. The summed E-state index contributed by atoms with van der Waals surface area (Å²) in [7, 11) is 1.51. The van der Waals surface area contributed by atoms with Crippen LogP contribution in [-0.2, 0) is 25.7 Å². The highest BCUT2D eigenvalue weighted by Crippen LogP contribution is 2.45. The van der Waals surface area contributed by atoms with E-state index in [0.717, 1.165) is 16.5 Å². The van der Waals surface area contributed by atoms with Gasteiger partial charge >= 0.3 is 5.97 Å². The maximum absolute atomic E-state index is 13.8. The first-order valence-corrected chi connectivity index (χ1v) is 11.7. The highest BCUT2D eigenvalue weighted by atomic mass is 35.5. The van der Waals surface area contributed by atoms with Crippen molar-refractivity contribution in [1.82, 2.24) is 9.88 Å². The normalized spacial score (nSPS) is 19.2. The Morgan fingerprint density at radius 1 is 1.14 bits per heavy atom. The van der Waals surface area contributed by atoms with E-state index < -0.39 is 11.6 Å². The lowest BCUT2D eigenvalue weighted by Gasteiger charge is -2.48. The Labute approximate surface area is 207 Å². The minimum Gasteiger partial charge on any atom is -0.456 e. The van der Waals surface area contributed by atoms with Gasteiger partial charge in [-0.25, -0.2) is 9.78 Å². The molecule has 0 radical (unpaired) electrons. The zero-order valence-electron chi connectivity index (χ0n) is 19.4. The standard InChI is InChI=1S/C26H24ClN3O5/c1-16-17-7-3-5-9-19(17)28-20(23(16)27)15-35-25(33)26-12-11-22(31)30(26)21-10-6-4-8-18(21)24(32)29(26)13-14-34-2/h3-10H,11-15H2,1-2H3. The molecule has 2 aromatic carbocycles. The van der Waals surface area contributed by atoms with Gasteiger partial charge in [-0.15, -0.1) is 0 Å². The van der Waals surface area contributed by atoms with Crippen LogP contribution in [-0.4, -0.2) is 53.6 Å². The van der Waals surface area contributed by atoms with E-state index in [1.807, 2.05) is 31.2 Å². The molecule has 180 valence electrons. The number of aromatic nitrogens is 1. The number of methoxy groups -OCH3 is 1. The number of esters is 1. The molecule has 2 aliphatic heterocycles. The highest BCUT2D eigenvalue weighted by molar-refractivity contribution is 6.32. The largest absolute Gasteiger partial charge is 0.456 e. The number of fused-ring (bicyclic) bond motifs is 4. The van der Waals surface area contributed by atoms with E-state index in [2.05, 4.69) is 4.98 Å². The second kappa shape index (κ2) is 8.94. The summed E-state index contributed by atoms with van der Waals surface area (Å²) in [5.41, 5.74) is 1.15. The van der Waals surface area contributed by atoms with Crippen LogP contribution in [0.5, 0.6) is 0 Å². The molecule has 8 nitrogen and oxygen atoms in total. The smallest absolute Gasteiger partial charge is 0.354 e. The third-order valence-corrected chi connectivity index (χ3v) is 7.21. The fourth-order valence-electron chi connectivity index (χ4n) is 5.00. The first-order chi connectivity index (χ1) is 16.9. The van der Waals surface area contributed by atoms with Gasteiger partial charge in [-0.1, -0.05) is 41.9 Å². The lowest BCUT2D eigenvalue weighted by Crippen LogP contribution is -2.68. The third-order valence-electron chi connectivity index (χ3n) is 6.71. The maximum atomic E-state index is 13.8. The average molecular weight is 494 g/mol. The molecule has 2 amide bonds. The second-order valence-electron chi connectivity index (χ2n) is 8.60. The number of carbonyl (C=O) groups is 3. The minimum absolute atomic E-state index is 0.105. The van der Waals surface area contributed by atoms with Gasteiger partial charge in [0.1, 0.15) is 6.61 Å². The average Bonchev–Trinajstić information content (AvgIpc) is 3.23. The summed E-state index contributed by atoms with van der Waals surface area (Å²) in [6, 6.07) is 14.4. The van der Waals surface area contributed by atoms with Crippen molar-refractivity contribution in [3.05, 3.63) is 70.4 Å². The fraction of sp³-hybridized carbons (Fsp3) is 0.308. The van der Waals surface area contributed by atoms with E-state index in [1.165, 1.54) is 16.9 Å². The quantitative estimate of drug-likeness (QED) is 0.484. The summed E-state index contributed by atoms with van der Waals surface area (Å²) in [6.45, 7) is 2.01. The van der Waals surface area contributed by atoms with Gasteiger partial charge in [0.25, 0.3) is 5.91 Å². The molecule has 3 aromatic rings. The molecule has 1 aromatic heterocycles. The van der Waals surface area contributed by atoms with Crippen molar-refractivity contribution < 1.29 is 23.9 Å². The highest BCUT2D eigenvalue weighted by Gasteiger charge is 2.61. The number of hydrogen-bond donors (Lipinski definition) is 0. The molecule has 9 heteroatoms. The van der Waals surface area contributed by atoms with Crippen LogP contribution in [0.25, 0.3) is 10.9 Å². The van der Waals surface area contributed by atoms with Crippen molar-refractivity contribution >= 4 is 46.0 Å². The van der Waals surface area contributed by atoms with E-state index in [4.69, 9.17) is 21.1 Å². The first kappa shape index (κ1) is 23.3. The van der Waals surface area contributed by atoms with E-state index in [-0.39, 0.29) is 44.4 Å². The summed E-state index contributed by atoms with van der Waals surface area (Å²) in [4.78, 5) is 47.7. The predicted octanol–water partition coefficient (Wildman–Crippen LogP) is 3.87. The molecular formula is C26H24ClN3O5. The van der Waals surface area contributed by atoms with E-state index >= 15 is 0 Å². The molecule has 0 spiro atoms. The number of amides is 2. The monoisotopic (exact) mass is 493 g/mol. The van der Waals surface area contributed by atoms with Gasteiger partial charge in [0.05, 0.1) is 34.1 Å². The second-order valence-corrected chi connectivity index (χ2v) is 8.98. The van der Waals surface area contributed by atoms with E-state index in [1.54, 1.807) is 24.3 Å². The Balaban J connectivity index is 1.53. The topological polar surface area (TPSA) is 89.0 Å². The number of nitrogens with zero attached hydrogens (tertiary/aromatic N) is 3. The summed E-state index contributed by atoms with van der Waals surface area (Å²) in [5.74, 6) is -1.30. The van der Waals surface area contributed by atoms with Crippen LogP contribution in [0.15, 0.2) is 48.5 Å². The summed E-state index contributed by atoms with van der Waals surface area (Å²) < 4.78 is 11.0. The number of benzene rings is 2. The van der Waals surface area contributed by atoms with Gasteiger partial charge in [0, 0.05) is 31.9 Å². The van der Waals surface area contributed by atoms with Gasteiger partial charge in [-0.2, -0.15) is 0 Å². The lowest BCUT2D eigenvalue weighted by molar-refractivity contribution is -0.159. The molecular weight excluding hydrogens is 470 g/mol. The Kier molecular flexibility index (Phi) is 5.94. The van der Waals surface area contributed by atoms with Crippen LogP contribution < -0.4 is 4.90 Å². The zero-order chi connectivity index (χ0) is 24.7. The van der Waals surface area contributed by atoms with Crippen molar-refractivity contribution in [2.24, 2.45) is 0 Å². The minimum atomic E-state index is -1.60. The van der Waals surface area contributed by atoms with Gasteiger partial charge in [0.2, 0.25) is 11.6 Å². The Bertz CT molecular complexity index is 1360. The fourth-order valence-corrected chi connectivity index (χ4v) is 5.20. The molecule has 1 atom stereocenters. The number of pyridine rings is 1. The summed E-state index contributed by atoms with van der Waals surface area (Å²) in [6.07, 6.45) is 0.223. The van der Waals surface area contributed by atoms with Crippen LogP contribution in [0, 0.1) is 6.92 Å². The Morgan fingerprint density at radius 3 is 2.69 bits per heavy atom. The van der Waals surface area contributed by atoms with Crippen molar-refractivity contribution in [3.8, 4) is 0 Å². The molecule has 1 unspecified atom stereocenters. The maximum Gasteiger partial charge on any atom is 0.354 e. The Hall–Kier alpha value is -3.49. The van der Waals surface area contributed by atoms with Crippen LogP contribution in [0.1, 0.15) is 34.5 Å². The number of para-hydroxylation sites is 2. The van der Waals surface area contributed by atoms with Gasteiger partial charge < -0.3 is 14.4 Å². The van der Waals surface area contributed by atoms with Crippen LogP contribution in [0.2, 0.25) is 5.02 Å². The SMILES string of the molecule is COCCN1C(=O)c2ccccc2N2C(=O)CCC12C(=O)OCc1nc2ccccc2c(C)c1Cl. The van der Waals surface area contributed by atoms with Crippen molar-refractivity contribution in [2.75, 3.05) is 25.2 Å². The molecule has 3 heterocycles. The van der Waals surface area contributed by atoms with Crippen LogP contribution >= 0.6 is 11.6 Å². The van der Waals surface area contributed by atoms with Gasteiger partial charge in [-0.05, 0) is 30.7 Å². The van der Waals surface area contributed by atoms with E-state index in [0.29, 0.717) is 22.0 Å². The molecule has 35 heavy (non-hydrogen) atoms. The lowest BCUT2D eigenvalue weighted by atomic mass is 9.96. The number of aryl methyl sites for hydroxylation is 1. The number of halogens is 1. The van der Waals surface area contributed by atoms with E-state index in [9.17, 15) is 14.4 Å². The molecule has 0 N–H and O–H groups in total. The van der Waals surface area contributed by atoms with Crippen molar-refractivity contribution in [2.45, 2.75) is 32.0 Å². The number of carbonyl (C=O) groups excluding carboxylic acids is 3. The number of rotatable bonds is 6. The number of ether oxygens (including phenoxy) is 2. The summed E-state index contributed by atoms with van der Waals surface area (Å²) >= 11 is 6.56. The molecule has 5 rings (SSSR count). The van der Waals surface area contributed by atoms with Crippen LogP contribution in [0.3, 0.4) is 0 Å². The van der Waals surface area contributed by atoms with Crippen molar-refractivity contribution in [1.29, 1.82) is 0 Å². The molecule has 0 saturated carbocycles. The Morgan fingerprint density at radius 2 is 1.89 bits per heavy atom. The van der Waals surface area contributed by atoms with Crippen LogP contribution in [0.4, 0.5) is 5.69 Å². The van der Waals surface area contributed by atoms with Crippen molar-refractivity contribution in [3.63, 3.8) is 0 Å².